The zero-order valence-electron chi connectivity index (χ0n) is 12.6. The van der Waals surface area contributed by atoms with Crippen molar-refractivity contribution in [3.63, 3.8) is 0 Å². The van der Waals surface area contributed by atoms with Crippen molar-refractivity contribution in [2.24, 2.45) is 0 Å². The summed E-state index contributed by atoms with van der Waals surface area (Å²) in [4.78, 5) is 12.4. The van der Waals surface area contributed by atoms with E-state index in [0.29, 0.717) is 34.3 Å². The molecule has 0 aliphatic carbocycles. The second-order valence-electron chi connectivity index (χ2n) is 4.88. The number of fused-ring (bicyclic) bond motifs is 2. The summed E-state index contributed by atoms with van der Waals surface area (Å²) in [5.41, 5.74) is 1.30. The number of ether oxygens (including phenoxy) is 4. The normalized spacial score (nSPS) is 12.6. The minimum Gasteiger partial charge on any atom is -0.497 e. The number of hydrogen-bond acceptors (Lipinski definition) is 5. The molecule has 1 aliphatic rings. The average Bonchev–Trinajstić information content (AvgIpc) is 2.68. The molecule has 2 aromatic carbocycles. The number of carbonyl (C=O) groups is 1. The summed E-state index contributed by atoms with van der Waals surface area (Å²) in [6, 6.07) is 8.68. The number of carbonyl (C=O) groups excluding carboxylic acids is 1. The minimum atomic E-state index is -0.0105. The third-order valence-electron chi connectivity index (χ3n) is 3.63. The first kappa shape index (κ1) is 14.3. The molecule has 0 spiro atoms. The Morgan fingerprint density at radius 1 is 0.909 bits per heavy atom. The van der Waals surface area contributed by atoms with E-state index < -0.39 is 0 Å². The summed E-state index contributed by atoms with van der Waals surface area (Å²) in [5.74, 6) is 2.81. The highest BCUT2D eigenvalue weighted by Gasteiger charge is 2.23. The smallest absolute Gasteiger partial charge is 0.171 e. The van der Waals surface area contributed by atoms with Crippen molar-refractivity contribution in [1.29, 1.82) is 0 Å². The lowest BCUT2D eigenvalue weighted by Crippen LogP contribution is -2.02. The summed E-state index contributed by atoms with van der Waals surface area (Å²) in [7, 11) is 4.69. The molecule has 5 nitrogen and oxygen atoms in total. The molecule has 22 heavy (non-hydrogen) atoms. The van der Waals surface area contributed by atoms with Gasteiger partial charge in [0.15, 0.2) is 17.3 Å². The summed E-state index contributed by atoms with van der Waals surface area (Å²) >= 11 is 0. The van der Waals surface area contributed by atoms with E-state index in [1.807, 2.05) is 0 Å². The fourth-order valence-electron chi connectivity index (χ4n) is 2.47. The first-order valence-corrected chi connectivity index (χ1v) is 6.80. The van der Waals surface area contributed by atoms with Gasteiger partial charge in [0.2, 0.25) is 0 Å². The Kier molecular flexibility index (Phi) is 3.63. The molecule has 2 aromatic rings. The van der Waals surface area contributed by atoms with Crippen LogP contribution >= 0.6 is 0 Å². The maximum absolute atomic E-state index is 12.4. The lowest BCUT2D eigenvalue weighted by atomic mass is 10.0. The van der Waals surface area contributed by atoms with Crippen LogP contribution in [0.15, 0.2) is 30.3 Å². The van der Waals surface area contributed by atoms with Crippen LogP contribution in [0.1, 0.15) is 15.9 Å². The Balaban J connectivity index is 2.13. The van der Waals surface area contributed by atoms with E-state index in [-0.39, 0.29) is 12.2 Å². The molecule has 0 N–H and O–H groups in total. The van der Waals surface area contributed by atoms with Gasteiger partial charge in [0.1, 0.15) is 17.2 Å². The first-order valence-electron chi connectivity index (χ1n) is 6.80. The van der Waals surface area contributed by atoms with Crippen molar-refractivity contribution in [2.45, 2.75) is 6.42 Å². The molecule has 0 atom stereocenters. The molecule has 0 aromatic heterocycles. The van der Waals surface area contributed by atoms with Crippen LogP contribution in [0.3, 0.4) is 0 Å². The van der Waals surface area contributed by atoms with Crippen LogP contribution in [0.2, 0.25) is 0 Å². The molecule has 1 heterocycles. The molecule has 5 heteroatoms. The lowest BCUT2D eigenvalue weighted by molar-refractivity contribution is 0.0993. The van der Waals surface area contributed by atoms with Gasteiger partial charge in [0.05, 0.1) is 26.9 Å². The van der Waals surface area contributed by atoms with E-state index in [9.17, 15) is 4.79 Å². The highest BCUT2D eigenvalue weighted by Crippen LogP contribution is 2.41. The molecule has 0 amide bonds. The molecule has 1 aliphatic heterocycles. The van der Waals surface area contributed by atoms with Gasteiger partial charge in [-0.25, -0.2) is 0 Å². The standard InChI is InChI=1S/C17H16O5/c1-19-11-4-5-12-13(18)6-10-7-16(20-2)17(21-3)9-14(10)22-15(12)8-11/h4-5,7-9H,6H2,1-3H3. The minimum absolute atomic E-state index is 0.0105. The van der Waals surface area contributed by atoms with E-state index in [0.717, 1.165) is 5.56 Å². The van der Waals surface area contributed by atoms with Gasteiger partial charge in [-0.1, -0.05) is 0 Å². The second kappa shape index (κ2) is 5.60. The van der Waals surface area contributed by atoms with Crippen molar-refractivity contribution in [3.05, 3.63) is 41.5 Å². The number of ketones is 1. The predicted molar refractivity (Wildman–Crippen MR) is 80.6 cm³/mol. The predicted octanol–water partition coefficient (Wildman–Crippen LogP) is 3.24. The van der Waals surface area contributed by atoms with Crippen LogP contribution < -0.4 is 18.9 Å². The van der Waals surface area contributed by atoms with E-state index in [1.165, 1.54) is 0 Å². The van der Waals surface area contributed by atoms with Crippen LogP contribution in [-0.4, -0.2) is 27.1 Å². The van der Waals surface area contributed by atoms with Crippen LogP contribution in [-0.2, 0) is 6.42 Å². The monoisotopic (exact) mass is 300 g/mol. The molecular formula is C17H16O5. The van der Waals surface area contributed by atoms with Crippen LogP contribution in [0.5, 0.6) is 28.7 Å². The highest BCUT2D eigenvalue weighted by atomic mass is 16.5. The molecule has 114 valence electrons. The third-order valence-corrected chi connectivity index (χ3v) is 3.63. The van der Waals surface area contributed by atoms with Gasteiger partial charge in [0.25, 0.3) is 0 Å². The Hall–Kier alpha value is -2.69. The first-order chi connectivity index (χ1) is 10.7. The topological polar surface area (TPSA) is 54.0 Å². The molecule has 0 saturated heterocycles. The van der Waals surface area contributed by atoms with Crippen molar-refractivity contribution >= 4 is 5.78 Å². The summed E-state index contributed by atoms with van der Waals surface area (Å²) < 4.78 is 21.7. The van der Waals surface area contributed by atoms with Crippen LogP contribution in [0, 0.1) is 0 Å². The van der Waals surface area contributed by atoms with Gasteiger partial charge in [-0.05, 0) is 18.2 Å². The second-order valence-corrected chi connectivity index (χ2v) is 4.88. The lowest BCUT2D eigenvalue weighted by Gasteiger charge is -2.13. The highest BCUT2D eigenvalue weighted by molar-refractivity contribution is 6.01. The van der Waals surface area contributed by atoms with Gasteiger partial charge < -0.3 is 18.9 Å². The van der Waals surface area contributed by atoms with Crippen molar-refractivity contribution in [3.8, 4) is 28.7 Å². The van der Waals surface area contributed by atoms with Crippen molar-refractivity contribution in [1.82, 2.24) is 0 Å². The third kappa shape index (κ3) is 2.35. The van der Waals surface area contributed by atoms with E-state index >= 15 is 0 Å². The summed E-state index contributed by atoms with van der Waals surface area (Å²) in [6.45, 7) is 0. The number of Topliss-reactive ketones (excluding diaryl/α,β-unsaturated/α-hetero) is 1. The number of methoxy groups -OCH3 is 3. The Morgan fingerprint density at radius 3 is 2.32 bits per heavy atom. The zero-order valence-corrected chi connectivity index (χ0v) is 12.6. The van der Waals surface area contributed by atoms with E-state index in [1.54, 1.807) is 51.7 Å². The molecule has 0 unspecified atom stereocenters. The van der Waals surface area contributed by atoms with Gasteiger partial charge in [-0.3, -0.25) is 4.79 Å². The zero-order chi connectivity index (χ0) is 15.7. The largest absolute Gasteiger partial charge is 0.497 e. The van der Waals surface area contributed by atoms with E-state index in [4.69, 9.17) is 18.9 Å². The van der Waals surface area contributed by atoms with Gasteiger partial charge in [0, 0.05) is 24.1 Å². The van der Waals surface area contributed by atoms with Gasteiger partial charge >= 0.3 is 0 Å². The fraction of sp³-hybridized carbons (Fsp3) is 0.235. The maximum atomic E-state index is 12.4. The SMILES string of the molecule is COc1ccc2c(c1)Oc1cc(OC)c(OC)cc1CC2=O. The molecule has 3 rings (SSSR count). The maximum Gasteiger partial charge on any atom is 0.171 e. The van der Waals surface area contributed by atoms with Gasteiger partial charge in [-0.2, -0.15) is 0 Å². The Morgan fingerprint density at radius 2 is 1.64 bits per heavy atom. The molecule has 0 saturated carbocycles. The number of benzene rings is 2. The summed E-state index contributed by atoms with van der Waals surface area (Å²) in [6.07, 6.45) is 0.245. The molecule has 0 radical (unpaired) electrons. The molecule has 0 fully saturated rings. The van der Waals surface area contributed by atoms with Crippen LogP contribution in [0.25, 0.3) is 0 Å². The van der Waals surface area contributed by atoms with E-state index in [2.05, 4.69) is 0 Å². The Bertz CT molecular complexity index is 736. The summed E-state index contributed by atoms with van der Waals surface area (Å²) in [5, 5.41) is 0. The average molecular weight is 300 g/mol. The quantitative estimate of drug-likeness (QED) is 0.871. The molecular weight excluding hydrogens is 284 g/mol. The number of rotatable bonds is 3. The Labute approximate surface area is 128 Å². The number of hydrogen-bond donors (Lipinski definition) is 0. The molecule has 0 bridgehead atoms. The van der Waals surface area contributed by atoms with Crippen LogP contribution in [0.4, 0.5) is 0 Å². The fourth-order valence-corrected chi connectivity index (χ4v) is 2.47. The van der Waals surface area contributed by atoms with Crippen molar-refractivity contribution in [2.75, 3.05) is 21.3 Å². The van der Waals surface area contributed by atoms with Crippen molar-refractivity contribution < 1.29 is 23.7 Å². The van der Waals surface area contributed by atoms with Gasteiger partial charge in [-0.15, -0.1) is 0 Å².